The molecule has 1 amide bonds. The van der Waals surface area contributed by atoms with Crippen molar-refractivity contribution in [3.63, 3.8) is 0 Å². The molecule has 0 aliphatic rings. The van der Waals surface area contributed by atoms with Gasteiger partial charge in [-0.15, -0.1) is 0 Å². The van der Waals surface area contributed by atoms with Crippen LogP contribution in [0.25, 0.3) is 0 Å². The molecule has 0 fully saturated rings. The van der Waals surface area contributed by atoms with Crippen LogP contribution in [0.5, 0.6) is 0 Å². The van der Waals surface area contributed by atoms with Crippen LogP contribution in [0.1, 0.15) is 29.4 Å². The second kappa shape index (κ2) is 7.15. The summed E-state index contributed by atoms with van der Waals surface area (Å²) in [6.07, 6.45) is 1.77. The highest BCUT2D eigenvalue weighted by atomic mass is 16.2. The Hall–Kier alpha value is -2.37. The molecule has 1 atom stereocenters. The summed E-state index contributed by atoms with van der Waals surface area (Å²) in [6.45, 7) is 1.52. The van der Waals surface area contributed by atoms with Crippen LogP contribution in [0.4, 0.5) is 0 Å². The first-order chi connectivity index (χ1) is 9.11. The van der Waals surface area contributed by atoms with Crippen molar-refractivity contribution in [1.29, 1.82) is 5.26 Å². The molecule has 5 heteroatoms. The summed E-state index contributed by atoms with van der Waals surface area (Å²) in [5.74, 6) is 4.90. The van der Waals surface area contributed by atoms with Gasteiger partial charge in [0.2, 0.25) is 0 Å². The van der Waals surface area contributed by atoms with E-state index in [1.807, 2.05) is 6.07 Å². The molecule has 0 aromatic carbocycles. The minimum atomic E-state index is -0.286. The van der Waals surface area contributed by atoms with Crippen molar-refractivity contribution >= 4 is 5.91 Å². The van der Waals surface area contributed by atoms with Gasteiger partial charge >= 0.3 is 0 Å². The summed E-state index contributed by atoms with van der Waals surface area (Å²) in [5, 5.41) is 17.4. The number of carbonyl (C=O) groups excluding carboxylic acids is 1. The minimum absolute atomic E-state index is 0.196. The third kappa shape index (κ3) is 3.80. The molecule has 0 saturated heterocycles. The highest BCUT2D eigenvalue weighted by Gasteiger charge is 2.20. The van der Waals surface area contributed by atoms with E-state index in [1.54, 1.807) is 26.1 Å². The van der Waals surface area contributed by atoms with Crippen LogP contribution < -0.4 is 0 Å². The van der Waals surface area contributed by atoms with Gasteiger partial charge < -0.3 is 10.0 Å². The predicted molar refractivity (Wildman–Crippen MR) is 70.0 cm³/mol. The van der Waals surface area contributed by atoms with Crippen LogP contribution in [0.15, 0.2) is 18.3 Å². The van der Waals surface area contributed by atoms with E-state index in [-0.39, 0.29) is 30.7 Å². The van der Waals surface area contributed by atoms with E-state index in [9.17, 15) is 4.79 Å². The molecular weight excluding hydrogens is 242 g/mol. The van der Waals surface area contributed by atoms with Crippen LogP contribution in [0.2, 0.25) is 0 Å². The molecule has 0 saturated carbocycles. The van der Waals surface area contributed by atoms with E-state index in [2.05, 4.69) is 16.8 Å². The van der Waals surface area contributed by atoms with Crippen LogP contribution in [-0.2, 0) is 0 Å². The van der Waals surface area contributed by atoms with Gasteiger partial charge in [0.05, 0.1) is 18.1 Å². The summed E-state index contributed by atoms with van der Waals surface area (Å²) in [6, 6.07) is 5.18. The molecule has 0 bridgehead atoms. The number of hydrogen-bond acceptors (Lipinski definition) is 4. The van der Waals surface area contributed by atoms with Crippen LogP contribution >= 0.6 is 0 Å². The summed E-state index contributed by atoms with van der Waals surface area (Å²) >= 11 is 0. The average molecular weight is 257 g/mol. The number of amides is 1. The fraction of sp³-hybridized carbons (Fsp3) is 0.357. The normalized spacial score (nSPS) is 10.8. The highest BCUT2D eigenvalue weighted by Crippen LogP contribution is 2.10. The minimum Gasteiger partial charge on any atom is -0.384 e. The van der Waals surface area contributed by atoms with E-state index in [1.165, 1.54) is 11.1 Å². The summed E-state index contributed by atoms with van der Waals surface area (Å²) in [4.78, 5) is 17.8. The zero-order chi connectivity index (χ0) is 14.3. The SMILES string of the molecule is CC(CC#N)N(C)C(=O)c1ncccc1C#CCO. The summed E-state index contributed by atoms with van der Waals surface area (Å²) in [7, 11) is 1.63. The zero-order valence-corrected chi connectivity index (χ0v) is 10.9. The lowest BCUT2D eigenvalue weighted by atomic mass is 10.1. The average Bonchev–Trinajstić information content (AvgIpc) is 2.44. The van der Waals surface area contributed by atoms with Gasteiger partial charge in [-0.25, -0.2) is 4.98 Å². The summed E-state index contributed by atoms with van der Waals surface area (Å²) in [5.41, 5.74) is 0.702. The van der Waals surface area contributed by atoms with E-state index in [4.69, 9.17) is 10.4 Å². The Bertz CT molecular complexity index is 552. The van der Waals surface area contributed by atoms with Crippen molar-refractivity contribution in [2.45, 2.75) is 19.4 Å². The van der Waals surface area contributed by atoms with Gasteiger partial charge in [0.25, 0.3) is 5.91 Å². The Labute approximate surface area is 112 Å². The first kappa shape index (κ1) is 14.7. The number of carbonyl (C=O) groups is 1. The maximum absolute atomic E-state index is 12.3. The molecule has 0 spiro atoms. The smallest absolute Gasteiger partial charge is 0.273 e. The Kier molecular flexibility index (Phi) is 5.53. The van der Waals surface area contributed by atoms with Gasteiger partial charge in [-0.3, -0.25) is 4.79 Å². The Morgan fingerprint density at radius 3 is 3.00 bits per heavy atom. The van der Waals surface area contributed by atoms with Crippen molar-refractivity contribution < 1.29 is 9.90 Å². The largest absolute Gasteiger partial charge is 0.384 e. The molecule has 5 nitrogen and oxygen atoms in total. The van der Waals surface area contributed by atoms with E-state index < -0.39 is 0 Å². The predicted octanol–water partition coefficient (Wildman–Crippen LogP) is 0.800. The molecule has 1 aromatic rings. The van der Waals surface area contributed by atoms with Crippen molar-refractivity contribution in [3.05, 3.63) is 29.6 Å². The molecule has 1 heterocycles. The first-order valence-corrected chi connectivity index (χ1v) is 5.80. The fourth-order valence-electron chi connectivity index (χ4n) is 1.45. The lowest BCUT2D eigenvalue weighted by Gasteiger charge is -2.22. The van der Waals surface area contributed by atoms with Gasteiger partial charge in [0, 0.05) is 19.3 Å². The van der Waals surface area contributed by atoms with Crippen molar-refractivity contribution in [3.8, 4) is 17.9 Å². The van der Waals surface area contributed by atoms with E-state index >= 15 is 0 Å². The molecule has 0 aliphatic carbocycles. The molecule has 0 radical (unpaired) electrons. The van der Waals surface area contributed by atoms with Crippen molar-refractivity contribution in [2.24, 2.45) is 0 Å². The topological polar surface area (TPSA) is 77.2 Å². The number of aliphatic hydroxyl groups excluding tert-OH is 1. The lowest BCUT2D eigenvalue weighted by Crippen LogP contribution is -2.35. The van der Waals surface area contributed by atoms with Gasteiger partial charge in [0.1, 0.15) is 12.3 Å². The van der Waals surface area contributed by atoms with Crippen molar-refractivity contribution in [2.75, 3.05) is 13.7 Å². The first-order valence-electron chi connectivity index (χ1n) is 5.80. The molecule has 1 aromatic heterocycles. The number of nitriles is 1. The number of nitrogens with zero attached hydrogens (tertiary/aromatic N) is 3. The molecule has 1 rings (SSSR count). The standard InChI is InChI=1S/C14H15N3O2/c1-11(7-8-15)17(2)14(19)13-12(6-4-10-18)5-3-9-16-13/h3,5,9,11,18H,7,10H2,1-2H3. The quantitative estimate of drug-likeness (QED) is 0.812. The van der Waals surface area contributed by atoms with Crippen molar-refractivity contribution in [1.82, 2.24) is 9.88 Å². The molecule has 1 N–H and O–H groups in total. The molecule has 0 aliphatic heterocycles. The fourth-order valence-corrected chi connectivity index (χ4v) is 1.45. The zero-order valence-electron chi connectivity index (χ0n) is 10.9. The molecule has 98 valence electrons. The van der Waals surface area contributed by atoms with Gasteiger partial charge in [-0.05, 0) is 19.1 Å². The Balaban J connectivity index is 3.03. The molecule has 19 heavy (non-hydrogen) atoms. The molecular formula is C14H15N3O2. The van der Waals surface area contributed by atoms with Crippen LogP contribution in [-0.4, -0.2) is 40.6 Å². The monoisotopic (exact) mass is 257 g/mol. The Morgan fingerprint density at radius 1 is 1.63 bits per heavy atom. The number of hydrogen-bond donors (Lipinski definition) is 1. The molecule has 1 unspecified atom stereocenters. The third-order valence-corrected chi connectivity index (χ3v) is 2.68. The maximum Gasteiger partial charge on any atom is 0.273 e. The van der Waals surface area contributed by atoms with Crippen LogP contribution in [0.3, 0.4) is 0 Å². The second-order valence-electron chi connectivity index (χ2n) is 3.99. The number of aromatic nitrogens is 1. The number of pyridine rings is 1. The van der Waals surface area contributed by atoms with E-state index in [0.717, 1.165) is 0 Å². The number of aliphatic hydroxyl groups is 1. The van der Waals surface area contributed by atoms with Gasteiger partial charge in [-0.2, -0.15) is 5.26 Å². The highest BCUT2D eigenvalue weighted by molar-refractivity contribution is 5.94. The second-order valence-corrected chi connectivity index (χ2v) is 3.99. The maximum atomic E-state index is 12.3. The van der Waals surface area contributed by atoms with Gasteiger partial charge in [-0.1, -0.05) is 11.8 Å². The lowest BCUT2D eigenvalue weighted by molar-refractivity contribution is 0.0740. The van der Waals surface area contributed by atoms with Gasteiger partial charge in [0.15, 0.2) is 0 Å². The Morgan fingerprint density at radius 2 is 2.37 bits per heavy atom. The van der Waals surface area contributed by atoms with E-state index in [0.29, 0.717) is 5.56 Å². The summed E-state index contributed by atoms with van der Waals surface area (Å²) < 4.78 is 0. The number of rotatable bonds is 3. The third-order valence-electron chi connectivity index (χ3n) is 2.68. The van der Waals surface area contributed by atoms with Crippen LogP contribution in [0, 0.1) is 23.2 Å².